The lowest BCUT2D eigenvalue weighted by Gasteiger charge is -2.14. The van der Waals surface area contributed by atoms with Crippen molar-refractivity contribution in [1.82, 2.24) is 4.90 Å². The van der Waals surface area contributed by atoms with E-state index in [2.05, 4.69) is 5.32 Å². The van der Waals surface area contributed by atoms with Gasteiger partial charge in [0.2, 0.25) is 0 Å². The molecule has 0 saturated carbocycles. The van der Waals surface area contributed by atoms with Crippen LogP contribution in [0.1, 0.15) is 21.5 Å². The molecule has 2 rings (SSSR count). The Morgan fingerprint density at radius 2 is 1.81 bits per heavy atom. The fraction of sp³-hybridized carbons (Fsp3) is 0.235. The standard InChI is InChI=1S/C17H19FN2O/c1-12-4-7-14(17(21)20(2)3)10-16(12)19-11-13-5-8-15(18)9-6-13/h4-10,19H,11H2,1-3H3. The van der Waals surface area contributed by atoms with Crippen LogP contribution in [-0.4, -0.2) is 24.9 Å². The monoisotopic (exact) mass is 286 g/mol. The summed E-state index contributed by atoms with van der Waals surface area (Å²) in [5, 5.41) is 3.29. The maximum atomic E-state index is 12.9. The summed E-state index contributed by atoms with van der Waals surface area (Å²) < 4.78 is 12.9. The second-order valence-electron chi connectivity index (χ2n) is 5.21. The smallest absolute Gasteiger partial charge is 0.253 e. The van der Waals surface area contributed by atoms with E-state index in [1.165, 1.54) is 12.1 Å². The summed E-state index contributed by atoms with van der Waals surface area (Å²) in [4.78, 5) is 13.5. The summed E-state index contributed by atoms with van der Waals surface area (Å²) in [5.41, 5.74) is 3.60. The van der Waals surface area contributed by atoms with Crippen molar-refractivity contribution >= 4 is 11.6 Å². The number of carbonyl (C=O) groups is 1. The number of amides is 1. The van der Waals surface area contributed by atoms with Gasteiger partial charge >= 0.3 is 0 Å². The van der Waals surface area contributed by atoms with E-state index in [0.29, 0.717) is 12.1 Å². The number of anilines is 1. The summed E-state index contributed by atoms with van der Waals surface area (Å²) in [7, 11) is 3.46. The molecule has 0 fully saturated rings. The average molecular weight is 286 g/mol. The van der Waals surface area contributed by atoms with Crippen LogP contribution in [0.15, 0.2) is 42.5 Å². The van der Waals surface area contributed by atoms with Crippen molar-refractivity contribution in [1.29, 1.82) is 0 Å². The molecule has 2 aromatic rings. The van der Waals surface area contributed by atoms with E-state index in [1.54, 1.807) is 31.1 Å². The van der Waals surface area contributed by atoms with Crippen LogP contribution >= 0.6 is 0 Å². The summed E-state index contributed by atoms with van der Waals surface area (Å²) >= 11 is 0. The Kier molecular flexibility index (Phi) is 4.58. The molecule has 0 aliphatic rings. The molecule has 3 nitrogen and oxygen atoms in total. The summed E-state index contributed by atoms with van der Waals surface area (Å²) in [6, 6.07) is 12.0. The molecule has 21 heavy (non-hydrogen) atoms. The molecule has 0 heterocycles. The van der Waals surface area contributed by atoms with Crippen LogP contribution in [-0.2, 0) is 6.54 Å². The van der Waals surface area contributed by atoms with Crippen molar-refractivity contribution in [2.75, 3.05) is 19.4 Å². The number of benzene rings is 2. The van der Waals surface area contributed by atoms with E-state index >= 15 is 0 Å². The molecule has 2 aromatic carbocycles. The number of aryl methyl sites for hydroxylation is 1. The van der Waals surface area contributed by atoms with Gasteiger partial charge in [0.15, 0.2) is 0 Å². The van der Waals surface area contributed by atoms with Gasteiger partial charge in [-0.15, -0.1) is 0 Å². The number of hydrogen-bond donors (Lipinski definition) is 1. The summed E-state index contributed by atoms with van der Waals surface area (Å²) in [5.74, 6) is -0.270. The second-order valence-corrected chi connectivity index (χ2v) is 5.21. The molecule has 1 amide bonds. The fourth-order valence-corrected chi connectivity index (χ4v) is 2.00. The van der Waals surface area contributed by atoms with E-state index in [0.717, 1.165) is 16.8 Å². The third-order valence-electron chi connectivity index (χ3n) is 3.29. The minimum Gasteiger partial charge on any atom is -0.381 e. The SMILES string of the molecule is Cc1ccc(C(=O)N(C)C)cc1NCc1ccc(F)cc1. The topological polar surface area (TPSA) is 32.3 Å². The van der Waals surface area contributed by atoms with E-state index in [4.69, 9.17) is 0 Å². The van der Waals surface area contributed by atoms with E-state index < -0.39 is 0 Å². The maximum absolute atomic E-state index is 12.9. The van der Waals surface area contributed by atoms with Crippen molar-refractivity contribution in [3.8, 4) is 0 Å². The molecule has 0 aliphatic heterocycles. The van der Waals surface area contributed by atoms with Gasteiger partial charge in [-0.25, -0.2) is 4.39 Å². The third kappa shape index (κ3) is 3.81. The quantitative estimate of drug-likeness (QED) is 0.933. The summed E-state index contributed by atoms with van der Waals surface area (Å²) in [6.45, 7) is 2.57. The van der Waals surface area contributed by atoms with Crippen LogP contribution in [0.5, 0.6) is 0 Å². The first kappa shape index (κ1) is 15.0. The predicted octanol–water partition coefficient (Wildman–Crippen LogP) is 3.45. The zero-order valence-corrected chi connectivity index (χ0v) is 12.5. The Balaban J connectivity index is 2.14. The van der Waals surface area contributed by atoms with Gasteiger partial charge in [-0.2, -0.15) is 0 Å². The van der Waals surface area contributed by atoms with Gasteiger partial charge in [0.1, 0.15) is 5.82 Å². The number of hydrogen-bond acceptors (Lipinski definition) is 2. The van der Waals surface area contributed by atoms with Crippen LogP contribution in [0.25, 0.3) is 0 Å². The molecule has 0 aromatic heterocycles. The molecule has 0 aliphatic carbocycles. The Bertz CT molecular complexity index is 636. The van der Waals surface area contributed by atoms with E-state index in [-0.39, 0.29) is 11.7 Å². The van der Waals surface area contributed by atoms with Crippen molar-refractivity contribution in [2.45, 2.75) is 13.5 Å². The van der Waals surface area contributed by atoms with Crippen molar-refractivity contribution in [2.24, 2.45) is 0 Å². The molecule has 4 heteroatoms. The maximum Gasteiger partial charge on any atom is 0.253 e. The highest BCUT2D eigenvalue weighted by Crippen LogP contribution is 2.19. The molecular formula is C17H19FN2O. The first-order valence-corrected chi connectivity index (χ1v) is 6.78. The Morgan fingerprint density at radius 3 is 2.43 bits per heavy atom. The van der Waals surface area contributed by atoms with Gasteiger partial charge in [0.25, 0.3) is 5.91 Å². The largest absolute Gasteiger partial charge is 0.381 e. The Hall–Kier alpha value is -2.36. The van der Waals surface area contributed by atoms with Gasteiger partial charge in [0.05, 0.1) is 0 Å². The van der Waals surface area contributed by atoms with Crippen LogP contribution in [0.4, 0.5) is 10.1 Å². The highest BCUT2D eigenvalue weighted by molar-refractivity contribution is 5.95. The molecule has 0 atom stereocenters. The zero-order chi connectivity index (χ0) is 15.4. The number of halogens is 1. The van der Waals surface area contributed by atoms with Gasteiger partial charge in [0, 0.05) is 31.9 Å². The molecule has 1 N–H and O–H groups in total. The molecule has 0 saturated heterocycles. The first-order valence-electron chi connectivity index (χ1n) is 6.78. The number of nitrogens with one attached hydrogen (secondary N) is 1. The number of carbonyl (C=O) groups excluding carboxylic acids is 1. The lowest BCUT2D eigenvalue weighted by atomic mass is 10.1. The lowest BCUT2D eigenvalue weighted by Crippen LogP contribution is -2.21. The zero-order valence-electron chi connectivity index (χ0n) is 12.5. The highest BCUT2D eigenvalue weighted by Gasteiger charge is 2.09. The average Bonchev–Trinajstić information content (AvgIpc) is 2.47. The highest BCUT2D eigenvalue weighted by atomic mass is 19.1. The van der Waals surface area contributed by atoms with Gasteiger partial charge < -0.3 is 10.2 Å². The lowest BCUT2D eigenvalue weighted by molar-refractivity contribution is 0.0827. The first-order chi connectivity index (χ1) is 9.97. The molecule has 0 spiro atoms. The number of rotatable bonds is 4. The molecule has 0 bridgehead atoms. The molecule has 110 valence electrons. The summed E-state index contributed by atoms with van der Waals surface area (Å²) in [6.07, 6.45) is 0. The van der Waals surface area contributed by atoms with Crippen molar-refractivity contribution in [3.63, 3.8) is 0 Å². The van der Waals surface area contributed by atoms with Crippen LogP contribution in [0, 0.1) is 12.7 Å². The predicted molar refractivity (Wildman–Crippen MR) is 82.9 cm³/mol. The van der Waals surface area contributed by atoms with Crippen LogP contribution in [0.3, 0.4) is 0 Å². The van der Waals surface area contributed by atoms with Gasteiger partial charge in [-0.3, -0.25) is 4.79 Å². The van der Waals surface area contributed by atoms with Crippen molar-refractivity contribution < 1.29 is 9.18 Å². The minimum absolute atomic E-state index is 0.0279. The Morgan fingerprint density at radius 1 is 1.14 bits per heavy atom. The fourth-order valence-electron chi connectivity index (χ4n) is 2.00. The van der Waals surface area contributed by atoms with Crippen molar-refractivity contribution in [3.05, 3.63) is 65.0 Å². The molecular weight excluding hydrogens is 267 g/mol. The minimum atomic E-state index is -0.242. The second kappa shape index (κ2) is 6.39. The van der Waals surface area contributed by atoms with E-state index in [9.17, 15) is 9.18 Å². The normalized spacial score (nSPS) is 10.3. The van der Waals surface area contributed by atoms with Gasteiger partial charge in [-0.1, -0.05) is 18.2 Å². The molecule has 0 unspecified atom stereocenters. The number of nitrogens with zero attached hydrogens (tertiary/aromatic N) is 1. The third-order valence-corrected chi connectivity index (χ3v) is 3.29. The van der Waals surface area contributed by atoms with Crippen LogP contribution < -0.4 is 5.32 Å². The molecule has 0 radical (unpaired) electrons. The van der Waals surface area contributed by atoms with Crippen LogP contribution in [0.2, 0.25) is 0 Å². The van der Waals surface area contributed by atoms with E-state index in [1.807, 2.05) is 25.1 Å². The Labute approximate surface area is 124 Å². The van der Waals surface area contributed by atoms with Gasteiger partial charge in [-0.05, 0) is 42.3 Å².